The van der Waals surface area contributed by atoms with E-state index < -0.39 is 5.91 Å². The lowest BCUT2D eigenvalue weighted by Gasteiger charge is -2.09. The van der Waals surface area contributed by atoms with E-state index in [1.807, 2.05) is 0 Å². The molecule has 0 fully saturated rings. The molecule has 9 heteroatoms. The van der Waals surface area contributed by atoms with Gasteiger partial charge in [0.1, 0.15) is 5.69 Å². The normalized spacial score (nSPS) is 10.3. The van der Waals surface area contributed by atoms with Gasteiger partial charge in [-0.15, -0.1) is 0 Å². The highest BCUT2D eigenvalue weighted by atomic mass is 79.9. The van der Waals surface area contributed by atoms with E-state index in [2.05, 4.69) is 36.9 Å². The molecule has 0 saturated carbocycles. The number of benzene rings is 2. The molecule has 0 unspecified atom stereocenters. The molecule has 7 nitrogen and oxygen atoms in total. The van der Waals surface area contributed by atoms with Gasteiger partial charge in [0.2, 0.25) is 0 Å². The van der Waals surface area contributed by atoms with E-state index in [0.29, 0.717) is 22.0 Å². The summed E-state index contributed by atoms with van der Waals surface area (Å²) in [7, 11) is 1.49. The molecule has 0 atom stereocenters. The molecule has 1 aromatic heterocycles. The predicted molar refractivity (Wildman–Crippen MR) is 116 cm³/mol. The van der Waals surface area contributed by atoms with Crippen LogP contribution in [0.25, 0.3) is 0 Å². The van der Waals surface area contributed by atoms with E-state index in [9.17, 15) is 14.4 Å². The molecule has 0 aliphatic heterocycles. The molecule has 148 valence electrons. The van der Waals surface area contributed by atoms with Gasteiger partial charge in [-0.1, -0.05) is 27.5 Å². The molecule has 3 amide bonds. The summed E-state index contributed by atoms with van der Waals surface area (Å²) >= 11 is 9.38. The Morgan fingerprint density at radius 2 is 1.48 bits per heavy atom. The lowest BCUT2D eigenvalue weighted by Crippen LogP contribution is -2.22. The number of hydrogen-bond acceptors (Lipinski definition) is 3. The summed E-state index contributed by atoms with van der Waals surface area (Å²) in [4.78, 5) is 39.4. The minimum Gasteiger partial charge on any atom is -0.357 e. The summed E-state index contributed by atoms with van der Waals surface area (Å²) in [6.45, 7) is 0. The Kier molecular flexibility index (Phi) is 6.36. The lowest BCUT2D eigenvalue weighted by molar-refractivity contribution is 0.0947. The Labute approximate surface area is 180 Å². The smallest absolute Gasteiger partial charge is 0.272 e. The third kappa shape index (κ3) is 4.85. The number of nitrogens with one attached hydrogen (secondary N) is 4. The number of aromatic amines is 1. The van der Waals surface area contributed by atoms with E-state index in [4.69, 9.17) is 11.6 Å². The molecule has 2 aromatic carbocycles. The van der Waals surface area contributed by atoms with Crippen molar-refractivity contribution in [3.63, 3.8) is 0 Å². The summed E-state index contributed by atoms with van der Waals surface area (Å²) in [5.41, 5.74) is 1.79. The Hall–Kier alpha value is -3.10. The van der Waals surface area contributed by atoms with Crippen LogP contribution in [-0.4, -0.2) is 29.8 Å². The van der Waals surface area contributed by atoms with Crippen molar-refractivity contribution >= 4 is 56.6 Å². The lowest BCUT2D eigenvalue weighted by atomic mass is 10.2. The molecular formula is C20H16BrClN4O3. The SMILES string of the molecule is CNC(=O)c1cc[nH]c1C(=O)Nc1ccc(NC(=O)c2cc(Br)ccc2Cl)cc1. The first-order valence-corrected chi connectivity index (χ1v) is 9.63. The largest absolute Gasteiger partial charge is 0.357 e. The van der Waals surface area contributed by atoms with Crippen LogP contribution in [0.2, 0.25) is 5.02 Å². The minimum absolute atomic E-state index is 0.158. The number of aromatic nitrogens is 1. The molecule has 0 spiro atoms. The number of carbonyl (C=O) groups excluding carboxylic acids is 3. The average molecular weight is 476 g/mol. The zero-order valence-corrected chi connectivity index (χ0v) is 17.5. The molecular weight excluding hydrogens is 460 g/mol. The zero-order chi connectivity index (χ0) is 21.0. The number of H-pyrrole nitrogens is 1. The third-order valence-corrected chi connectivity index (χ3v) is 4.84. The highest BCUT2D eigenvalue weighted by Crippen LogP contribution is 2.23. The third-order valence-electron chi connectivity index (χ3n) is 4.02. The van der Waals surface area contributed by atoms with E-state index in [-0.39, 0.29) is 23.1 Å². The Morgan fingerprint density at radius 3 is 2.10 bits per heavy atom. The summed E-state index contributed by atoms with van der Waals surface area (Å²) in [5, 5.41) is 8.27. The Bertz CT molecular complexity index is 1080. The van der Waals surface area contributed by atoms with Crippen LogP contribution in [0.5, 0.6) is 0 Å². The molecule has 4 N–H and O–H groups in total. The quantitative estimate of drug-likeness (QED) is 0.442. The van der Waals surface area contributed by atoms with Gasteiger partial charge in [0.25, 0.3) is 17.7 Å². The van der Waals surface area contributed by atoms with Crippen LogP contribution in [-0.2, 0) is 0 Å². The first kappa shape index (κ1) is 20.6. The van der Waals surface area contributed by atoms with Crippen LogP contribution < -0.4 is 16.0 Å². The van der Waals surface area contributed by atoms with E-state index >= 15 is 0 Å². The molecule has 0 radical (unpaired) electrons. The van der Waals surface area contributed by atoms with Crippen molar-refractivity contribution in [3.05, 3.63) is 81.0 Å². The van der Waals surface area contributed by atoms with Gasteiger partial charge in [0.05, 0.1) is 16.1 Å². The fourth-order valence-corrected chi connectivity index (χ4v) is 3.15. The van der Waals surface area contributed by atoms with Gasteiger partial charge in [-0.05, 0) is 48.5 Å². The highest BCUT2D eigenvalue weighted by molar-refractivity contribution is 9.10. The van der Waals surface area contributed by atoms with Crippen LogP contribution in [0.15, 0.2) is 59.2 Å². The van der Waals surface area contributed by atoms with Gasteiger partial charge >= 0.3 is 0 Å². The molecule has 0 aliphatic rings. The number of hydrogen-bond donors (Lipinski definition) is 4. The van der Waals surface area contributed by atoms with Crippen LogP contribution in [0.1, 0.15) is 31.2 Å². The summed E-state index contributed by atoms with van der Waals surface area (Å²) < 4.78 is 0.741. The first-order chi connectivity index (χ1) is 13.9. The highest BCUT2D eigenvalue weighted by Gasteiger charge is 2.18. The summed E-state index contributed by atoms with van der Waals surface area (Å²) in [6.07, 6.45) is 1.52. The van der Waals surface area contributed by atoms with Crippen molar-refractivity contribution in [2.24, 2.45) is 0 Å². The first-order valence-electron chi connectivity index (χ1n) is 8.46. The fraction of sp³-hybridized carbons (Fsp3) is 0.0500. The molecule has 0 aliphatic carbocycles. The van der Waals surface area contributed by atoms with Crippen molar-refractivity contribution in [3.8, 4) is 0 Å². The molecule has 0 saturated heterocycles. The Morgan fingerprint density at radius 1 is 0.862 bits per heavy atom. The second kappa shape index (κ2) is 8.93. The standard InChI is InChI=1S/C20H16BrClN4O3/c1-23-18(27)14-8-9-24-17(14)20(29)26-13-5-3-12(4-6-13)25-19(28)15-10-11(21)2-7-16(15)22/h2-10,24H,1H3,(H,23,27)(H,25,28)(H,26,29). The number of anilines is 2. The van der Waals surface area contributed by atoms with E-state index in [1.165, 1.54) is 19.3 Å². The predicted octanol–water partition coefficient (Wildman–Crippen LogP) is 4.29. The topological polar surface area (TPSA) is 103 Å². The van der Waals surface area contributed by atoms with E-state index in [1.54, 1.807) is 42.5 Å². The second-order valence-electron chi connectivity index (χ2n) is 5.96. The monoisotopic (exact) mass is 474 g/mol. The summed E-state index contributed by atoms with van der Waals surface area (Å²) in [5.74, 6) is -1.17. The minimum atomic E-state index is -0.452. The Balaban J connectivity index is 1.68. The zero-order valence-electron chi connectivity index (χ0n) is 15.2. The van der Waals surface area contributed by atoms with Crippen molar-refractivity contribution < 1.29 is 14.4 Å². The van der Waals surface area contributed by atoms with Gasteiger partial charge in [-0.2, -0.15) is 0 Å². The molecule has 3 aromatic rings. The van der Waals surface area contributed by atoms with Gasteiger partial charge in [0.15, 0.2) is 0 Å². The number of carbonyl (C=O) groups is 3. The van der Waals surface area contributed by atoms with Gasteiger partial charge < -0.3 is 20.9 Å². The summed E-state index contributed by atoms with van der Waals surface area (Å²) in [6, 6.07) is 13.1. The maximum atomic E-state index is 12.4. The van der Waals surface area contributed by atoms with Gasteiger partial charge in [0, 0.05) is 29.1 Å². The van der Waals surface area contributed by atoms with Crippen molar-refractivity contribution in [1.82, 2.24) is 10.3 Å². The van der Waals surface area contributed by atoms with Crippen LogP contribution in [0.4, 0.5) is 11.4 Å². The molecule has 1 heterocycles. The maximum absolute atomic E-state index is 12.4. The van der Waals surface area contributed by atoms with Crippen molar-refractivity contribution in [2.75, 3.05) is 17.7 Å². The van der Waals surface area contributed by atoms with Crippen LogP contribution in [0, 0.1) is 0 Å². The fourth-order valence-electron chi connectivity index (χ4n) is 2.58. The van der Waals surface area contributed by atoms with Crippen molar-refractivity contribution in [1.29, 1.82) is 0 Å². The number of halogens is 2. The molecule has 29 heavy (non-hydrogen) atoms. The van der Waals surface area contributed by atoms with E-state index in [0.717, 1.165) is 4.47 Å². The van der Waals surface area contributed by atoms with Crippen LogP contribution in [0.3, 0.4) is 0 Å². The average Bonchev–Trinajstić information content (AvgIpc) is 3.20. The van der Waals surface area contributed by atoms with Gasteiger partial charge in [-0.3, -0.25) is 14.4 Å². The molecule has 0 bridgehead atoms. The maximum Gasteiger partial charge on any atom is 0.272 e. The number of amides is 3. The second-order valence-corrected chi connectivity index (χ2v) is 7.28. The van der Waals surface area contributed by atoms with Crippen molar-refractivity contribution in [2.45, 2.75) is 0 Å². The van der Waals surface area contributed by atoms with Crippen LogP contribution >= 0.6 is 27.5 Å². The molecule has 3 rings (SSSR count). The number of rotatable bonds is 5. The van der Waals surface area contributed by atoms with Gasteiger partial charge in [-0.25, -0.2) is 0 Å².